The standard InChI is InChI=1S/C13H8Cl2F2N4S/c1-22-13-19-9(15)5-10(20-13)21-8-4-6(14)2-3-7(8)18-12(21)11(16)17/h2-5,11H,1H3. The average Bonchev–Trinajstić information content (AvgIpc) is 2.85. The van der Waals surface area contributed by atoms with Gasteiger partial charge in [-0.15, -0.1) is 0 Å². The largest absolute Gasteiger partial charge is 0.296 e. The second-order valence-corrected chi connectivity index (χ2v) is 5.87. The van der Waals surface area contributed by atoms with Gasteiger partial charge < -0.3 is 0 Å². The Kier molecular flexibility index (Phi) is 4.20. The number of rotatable bonds is 3. The molecule has 2 aromatic heterocycles. The Balaban J connectivity index is 2.35. The van der Waals surface area contributed by atoms with Crippen LogP contribution in [0.4, 0.5) is 8.78 Å². The van der Waals surface area contributed by atoms with Crippen LogP contribution in [0.25, 0.3) is 16.9 Å². The smallest absolute Gasteiger partial charge is 0.275 e. The molecule has 0 aliphatic rings. The van der Waals surface area contributed by atoms with Gasteiger partial charge in [0, 0.05) is 11.1 Å². The van der Waals surface area contributed by atoms with Crippen LogP contribution in [0, 0.1) is 0 Å². The molecule has 0 saturated heterocycles. The first kappa shape index (κ1) is 15.5. The summed E-state index contributed by atoms with van der Waals surface area (Å²) in [6.07, 6.45) is -0.996. The number of halogens is 4. The van der Waals surface area contributed by atoms with E-state index in [4.69, 9.17) is 23.2 Å². The van der Waals surface area contributed by atoms with Gasteiger partial charge in [0.2, 0.25) is 0 Å². The van der Waals surface area contributed by atoms with E-state index in [1.54, 1.807) is 24.5 Å². The van der Waals surface area contributed by atoms with E-state index in [0.29, 0.717) is 21.2 Å². The number of thioether (sulfide) groups is 1. The van der Waals surface area contributed by atoms with Crippen LogP contribution in [0.5, 0.6) is 0 Å². The predicted molar refractivity (Wildman–Crippen MR) is 83.4 cm³/mol. The van der Waals surface area contributed by atoms with E-state index in [0.717, 1.165) is 0 Å². The summed E-state index contributed by atoms with van der Waals surface area (Å²) in [5, 5.41) is 0.963. The minimum atomic E-state index is -2.77. The predicted octanol–water partition coefficient (Wildman–Crippen LogP) is 4.78. The zero-order chi connectivity index (χ0) is 15.9. The molecule has 0 radical (unpaired) electrons. The quantitative estimate of drug-likeness (QED) is 0.383. The Morgan fingerprint density at radius 2 is 1.91 bits per heavy atom. The number of fused-ring (bicyclic) bond motifs is 1. The molecule has 0 unspecified atom stereocenters. The maximum absolute atomic E-state index is 13.3. The average molecular weight is 361 g/mol. The monoisotopic (exact) mass is 360 g/mol. The highest BCUT2D eigenvalue weighted by Crippen LogP contribution is 2.30. The van der Waals surface area contributed by atoms with E-state index in [1.807, 2.05) is 0 Å². The van der Waals surface area contributed by atoms with Crippen LogP contribution in [0.2, 0.25) is 10.2 Å². The Labute approximate surface area is 138 Å². The zero-order valence-corrected chi connectivity index (χ0v) is 13.4. The first-order valence-corrected chi connectivity index (χ1v) is 8.02. The Hall–Kier alpha value is -1.44. The summed E-state index contributed by atoms with van der Waals surface area (Å²) in [4.78, 5) is 12.2. The lowest BCUT2D eigenvalue weighted by Crippen LogP contribution is -2.05. The normalized spacial score (nSPS) is 11.5. The van der Waals surface area contributed by atoms with Gasteiger partial charge in [-0.05, 0) is 24.5 Å². The first-order chi connectivity index (χ1) is 10.5. The topological polar surface area (TPSA) is 43.6 Å². The molecule has 0 N–H and O–H groups in total. The van der Waals surface area contributed by atoms with E-state index < -0.39 is 12.2 Å². The van der Waals surface area contributed by atoms with Crippen LogP contribution < -0.4 is 0 Å². The molecule has 0 spiro atoms. The maximum atomic E-state index is 13.3. The summed E-state index contributed by atoms with van der Waals surface area (Å²) in [6, 6.07) is 6.15. The number of aromatic nitrogens is 4. The van der Waals surface area contributed by atoms with Gasteiger partial charge in [0.15, 0.2) is 11.0 Å². The molecule has 9 heteroatoms. The van der Waals surface area contributed by atoms with E-state index in [1.165, 1.54) is 22.4 Å². The summed E-state index contributed by atoms with van der Waals surface area (Å²) in [5.41, 5.74) is 0.838. The van der Waals surface area contributed by atoms with Crippen LogP contribution in [-0.2, 0) is 0 Å². The van der Waals surface area contributed by atoms with Crippen molar-refractivity contribution < 1.29 is 8.78 Å². The number of hydrogen-bond donors (Lipinski definition) is 0. The minimum absolute atomic E-state index is 0.165. The third kappa shape index (κ3) is 2.76. The van der Waals surface area contributed by atoms with Crippen molar-refractivity contribution in [3.05, 3.63) is 40.3 Å². The lowest BCUT2D eigenvalue weighted by Gasteiger charge is -2.09. The molecule has 0 bridgehead atoms. The van der Waals surface area contributed by atoms with Gasteiger partial charge in [-0.2, -0.15) is 0 Å². The molecular weight excluding hydrogens is 353 g/mol. The van der Waals surface area contributed by atoms with Crippen molar-refractivity contribution in [2.24, 2.45) is 0 Å². The Bertz CT molecular complexity index is 853. The van der Waals surface area contributed by atoms with Crippen molar-refractivity contribution in [1.29, 1.82) is 0 Å². The molecule has 3 rings (SSSR count). The van der Waals surface area contributed by atoms with Gasteiger partial charge in [0.25, 0.3) is 6.43 Å². The van der Waals surface area contributed by atoms with Gasteiger partial charge in [-0.1, -0.05) is 35.0 Å². The van der Waals surface area contributed by atoms with Crippen LogP contribution >= 0.6 is 35.0 Å². The highest BCUT2D eigenvalue weighted by Gasteiger charge is 2.21. The molecule has 3 aromatic rings. The maximum Gasteiger partial charge on any atom is 0.296 e. The molecule has 4 nitrogen and oxygen atoms in total. The number of alkyl halides is 2. The third-order valence-electron chi connectivity index (χ3n) is 2.91. The minimum Gasteiger partial charge on any atom is -0.275 e. The Morgan fingerprint density at radius 3 is 2.59 bits per heavy atom. The summed E-state index contributed by atoms with van der Waals surface area (Å²) < 4.78 is 27.9. The highest BCUT2D eigenvalue weighted by atomic mass is 35.5. The van der Waals surface area contributed by atoms with Gasteiger partial charge >= 0.3 is 0 Å². The van der Waals surface area contributed by atoms with Gasteiger partial charge in [-0.25, -0.2) is 23.7 Å². The summed E-state index contributed by atoms with van der Waals surface area (Å²) in [6.45, 7) is 0. The van der Waals surface area contributed by atoms with Crippen molar-refractivity contribution in [3.63, 3.8) is 0 Å². The molecule has 2 heterocycles. The summed E-state index contributed by atoms with van der Waals surface area (Å²) in [7, 11) is 0. The van der Waals surface area contributed by atoms with Crippen molar-refractivity contribution in [2.45, 2.75) is 11.6 Å². The van der Waals surface area contributed by atoms with Crippen LogP contribution in [0.1, 0.15) is 12.2 Å². The number of benzene rings is 1. The van der Waals surface area contributed by atoms with Gasteiger partial charge in [0.05, 0.1) is 11.0 Å². The summed E-state index contributed by atoms with van der Waals surface area (Å²) in [5.74, 6) is -0.191. The second kappa shape index (κ2) is 5.98. The molecule has 114 valence electrons. The third-order valence-corrected chi connectivity index (χ3v) is 3.89. The molecule has 22 heavy (non-hydrogen) atoms. The fraction of sp³-hybridized carbons (Fsp3) is 0.154. The van der Waals surface area contributed by atoms with E-state index >= 15 is 0 Å². The van der Waals surface area contributed by atoms with Crippen molar-refractivity contribution in [1.82, 2.24) is 19.5 Å². The van der Waals surface area contributed by atoms with Crippen molar-refractivity contribution in [2.75, 3.05) is 6.26 Å². The zero-order valence-electron chi connectivity index (χ0n) is 11.1. The fourth-order valence-electron chi connectivity index (χ4n) is 2.05. The molecule has 0 aliphatic heterocycles. The molecule has 1 aromatic carbocycles. The van der Waals surface area contributed by atoms with Crippen LogP contribution in [0.3, 0.4) is 0 Å². The number of hydrogen-bond acceptors (Lipinski definition) is 4. The van der Waals surface area contributed by atoms with Crippen molar-refractivity contribution in [3.8, 4) is 5.82 Å². The summed E-state index contributed by atoms with van der Waals surface area (Å²) >= 11 is 13.2. The van der Waals surface area contributed by atoms with Gasteiger partial charge in [0.1, 0.15) is 11.0 Å². The van der Waals surface area contributed by atoms with E-state index in [9.17, 15) is 8.78 Å². The number of imidazole rings is 1. The highest BCUT2D eigenvalue weighted by molar-refractivity contribution is 7.98. The van der Waals surface area contributed by atoms with Gasteiger partial charge in [-0.3, -0.25) is 4.57 Å². The molecule has 0 fully saturated rings. The Morgan fingerprint density at radius 1 is 1.14 bits per heavy atom. The SMILES string of the molecule is CSc1nc(Cl)cc(-n2c(C(F)F)nc3ccc(Cl)cc32)n1. The van der Waals surface area contributed by atoms with Crippen LogP contribution in [-0.4, -0.2) is 25.8 Å². The molecule has 0 amide bonds. The lowest BCUT2D eigenvalue weighted by atomic mass is 10.3. The molecule has 0 atom stereocenters. The molecule has 0 aliphatic carbocycles. The first-order valence-electron chi connectivity index (χ1n) is 6.04. The van der Waals surface area contributed by atoms with E-state index in [-0.39, 0.29) is 11.0 Å². The lowest BCUT2D eigenvalue weighted by molar-refractivity contribution is 0.139. The second-order valence-electron chi connectivity index (χ2n) is 4.27. The van der Waals surface area contributed by atoms with Crippen molar-refractivity contribution >= 4 is 46.0 Å². The molecular formula is C13H8Cl2F2N4S. The fourth-order valence-corrected chi connectivity index (χ4v) is 2.81. The van der Waals surface area contributed by atoms with E-state index in [2.05, 4.69) is 15.0 Å². The van der Waals surface area contributed by atoms with Crippen LogP contribution in [0.15, 0.2) is 29.4 Å². The number of nitrogens with zero attached hydrogens (tertiary/aromatic N) is 4. The molecule has 0 saturated carbocycles.